The molecule has 0 saturated heterocycles. The van der Waals surface area contributed by atoms with Gasteiger partial charge in [-0.1, -0.05) is 6.07 Å². The molecule has 1 aromatic rings. The first-order chi connectivity index (χ1) is 9.51. The molecule has 0 fully saturated rings. The maximum Gasteiger partial charge on any atom is 0.131 e. The van der Waals surface area contributed by atoms with Gasteiger partial charge in [-0.25, -0.2) is 4.39 Å². The van der Waals surface area contributed by atoms with Gasteiger partial charge in [0.2, 0.25) is 0 Å². The molecule has 0 saturated carbocycles. The summed E-state index contributed by atoms with van der Waals surface area (Å²) in [7, 11) is 5.22. The molecular weight excluding hydrogens is 259 g/mol. The third-order valence-corrected chi connectivity index (χ3v) is 3.56. The van der Waals surface area contributed by atoms with Crippen LogP contribution >= 0.6 is 0 Å². The fourth-order valence-corrected chi connectivity index (χ4v) is 2.13. The second-order valence-corrected chi connectivity index (χ2v) is 5.04. The van der Waals surface area contributed by atoms with E-state index in [0.717, 1.165) is 6.54 Å². The van der Waals surface area contributed by atoms with Crippen molar-refractivity contribution < 1.29 is 13.9 Å². The fourth-order valence-electron chi connectivity index (χ4n) is 2.13. The lowest BCUT2D eigenvalue weighted by atomic mass is 10.0. The number of halogens is 1. The van der Waals surface area contributed by atoms with Crippen LogP contribution in [0.4, 0.5) is 4.39 Å². The fraction of sp³-hybridized carbons (Fsp3) is 0.600. The molecule has 20 heavy (non-hydrogen) atoms. The highest BCUT2D eigenvalue weighted by molar-refractivity contribution is 5.37. The second kappa shape index (κ2) is 8.19. The zero-order chi connectivity index (χ0) is 15.1. The number of hydrogen-bond acceptors (Lipinski definition) is 4. The Labute approximate surface area is 120 Å². The molecule has 2 atom stereocenters. The average molecular weight is 284 g/mol. The lowest BCUT2D eigenvalue weighted by molar-refractivity contribution is 0.113. The van der Waals surface area contributed by atoms with Crippen LogP contribution in [-0.4, -0.2) is 45.4 Å². The van der Waals surface area contributed by atoms with Crippen LogP contribution in [0.5, 0.6) is 5.75 Å². The molecule has 1 rings (SSSR count). The number of rotatable bonds is 8. The Morgan fingerprint density at radius 3 is 2.65 bits per heavy atom. The maximum atomic E-state index is 13.9. The Morgan fingerprint density at radius 2 is 2.05 bits per heavy atom. The Bertz CT molecular complexity index is 415. The first-order valence-corrected chi connectivity index (χ1v) is 6.78. The molecular formula is C15H25FN2O2. The largest absolute Gasteiger partial charge is 0.496 e. The van der Waals surface area contributed by atoms with Gasteiger partial charge in [-0.15, -0.1) is 0 Å². The van der Waals surface area contributed by atoms with E-state index in [4.69, 9.17) is 15.2 Å². The van der Waals surface area contributed by atoms with Crippen LogP contribution in [0.25, 0.3) is 0 Å². The topological polar surface area (TPSA) is 47.7 Å². The lowest BCUT2D eigenvalue weighted by Crippen LogP contribution is -2.34. The lowest BCUT2D eigenvalue weighted by Gasteiger charge is -2.25. The first kappa shape index (κ1) is 16.9. The SMILES string of the molecule is COCC(C)N(C)CCC(N)c1c(F)cccc1OC. The summed E-state index contributed by atoms with van der Waals surface area (Å²) in [6.07, 6.45) is 0.655. The van der Waals surface area contributed by atoms with E-state index in [-0.39, 0.29) is 11.9 Å². The van der Waals surface area contributed by atoms with Crippen molar-refractivity contribution >= 4 is 0 Å². The molecule has 0 aromatic heterocycles. The third kappa shape index (κ3) is 4.44. The van der Waals surface area contributed by atoms with Crippen LogP contribution in [0.2, 0.25) is 0 Å². The van der Waals surface area contributed by atoms with Gasteiger partial charge in [0.25, 0.3) is 0 Å². The summed E-state index contributed by atoms with van der Waals surface area (Å²) >= 11 is 0. The summed E-state index contributed by atoms with van der Waals surface area (Å²) in [4.78, 5) is 2.15. The van der Waals surface area contributed by atoms with Gasteiger partial charge < -0.3 is 20.1 Å². The molecule has 1 aromatic carbocycles. The predicted octanol–water partition coefficient (Wildman–Crippen LogP) is 2.19. The van der Waals surface area contributed by atoms with Crippen molar-refractivity contribution in [3.05, 3.63) is 29.6 Å². The number of methoxy groups -OCH3 is 2. The molecule has 114 valence electrons. The first-order valence-electron chi connectivity index (χ1n) is 6.78. The standard InChI is InChI=1S/C15H25FN2O2/c1-11(10-19-3)18(2)9-8-13(17)15-12(16)6-5-7-14(15)20-4/h5-7,11,13H,8-10,17H2,1-4H3. The van der Waals surface area contributed by atoms with E-state index in [2.05, 4.69) is 11.8 Å². The number of nitrogens with zero attached hydrogens (tertiary/aromatic N) is 1. The quantitative estimate of drug-likeness (QED) is 0.795. The zero-order valence-corrected chi connectivity index (χ0v) is 12.7. The summed E-state index contributed by atoms with van der Waals surface area (Å²) in [6.45, 7) is 3.51. The average Bonchev–Trinajstić information content (AvgIpc) is 2.44. The Hall–Kier alpha value is -1.17. The van der Waals surface area contributed by atoms with Crippen molar-refractivity contribution in [1.29, 1.82) is 0 Å². The van der Waals surface area contributed by atoms with E-state index in [0.29, 0.717) is 30.4 Å². The van der Waals surface area contributed by atoms with Crippen LogP contribution in [0.3, 0.4) is 0 Å². The molecule has 0 heterocycles. The monoisotopic (exact) mass is 284 g/mol. The number of benzene rings is 1. The minimum Gasteiger partial charge on any atom is -0.496 e. The van der Waals surface area contributed by atoms with E-state index in [1.807, 2.05) is 7.05 Å². The molecule has 0 bridgehead atoms. The van der Waals surface area contributed by atoms with E-state index in [9.17, 15) is 4.39 Å². The zero-order valence-electron chi connectivity index (χ0n) is 12.7. The second-order valence-electron chi connectivity index (χ2n) is 5.04. The van der Waals surface area contributed by atoms with Crippen molar-refractivity contribution in [3.8, 4) is 5.75 Å². The highest BCUT2D eigenvalue weighted by Crippen LogP contribution is 2.28. The summed E-state index contributed by atoms with van der Waals surface area (Å²) in [5.41, 5.74) is 6.56. The molecule has 0 aliphatic rings. The molecule has 2 unspecified atom stereocenters. The van der Waals surface area contributed by atoms with Crippen molar-refractivity contribution in [2.45, 2.75) is 25.4 Å². The predicted molar refractivity (Wildman–Crippen MR) is 78.5 cm³/mol. The van der Waals surface area contributed by atoms with E-state index >= 15 is 0 Å². The van der Waals surface area contributed by atoms with Crippen molar-refractivity contribution in [2.75, 3.05) is 34.4 Å². The highest BCUT2D eigenvalue weighted by Gasteiger charge is 2.18. The van der Waals surface area contributed by atoms with Crippen LogP contribution < -0.4 is 10.5 Å². The Kier molecular flexibility index (Phi) is 6.91. The smallest absolute Gasteiger partial charge is 0.131 e. The summed E-state index contributed by atoms with van der Waals surface area (Å²) in [5, 5.41) is 0. The van der Waals surface area contributed by atoms with Gasteiger partial charge in [0.1, 0.15) is 11.6 Å². The van der Waals surface area contributed by atoms with E-state index in [1.54, 1.807) is 19.2 Å². The van der Waals surface area contributed by atoms with Crippen LogP contribution in [0.15, 0.2) is 18.2 Å². The number of nitrogens with two attached hydrogens (primary N) is 1. The molecule has 5 heteroatoms. The molecule has 0 radical (unpaired) electrons. The number of ether oxygens (including phenoxy) is 2. The van der Waals surface area contributed by atoms with Crippen LogP contribution in [-0.2, 0) is 4.74 Å². The van der Waals surface area contributed by atoms with Gasteiger partial charge in [0.05, 0.1) is 13.7 Å². The van der Waals surface area contributed by atoms with Gasteiger partial charge in [0, 0.05) is 31.3 Å². The molecule has 2 N–H and O–H groups in total. The molecule has 0 aliphatic heterocycles. The summed E-state index contributed by atoms with van der Waals surface area (Å²) in [5.74, 6) is 0.189. The van der Waals surface area contributed by atoms with Crippen LogP contribution in [0.1, 0.15) is 24.9 Å². The maximum absolute atomic E-state index is 13.9. The molecule has 0 aliphatic carbocycles. The van der Waals surface area contributed by atoms with Gasteiger partial charge in [-0.05, 0) is 32.5 Å². The van der Waals surface area contributed by atoms with Crippen LogP contribution in [0, 0.1) is 5.82 Å². The van der Waals surface area contributed by atoms with Gasteiger partial charge >= 0.3 is 0 Å². The van der Waals surface area contributed by atoms with Gasteiger partial charge in [-0.3, -0.25) is 0 Å². The summed E-state index contributed by atoms with van der Waals surface area (Å²) < 4.78 is 24.2. The molecule has 0 amide bonds. The van der Waals surface area contributed by atoms with Gasteiger partial charge in [0.15, 0.2) is 0 Å². The molecule has 0 spiro atoms. The van der Waals surface area contributed by atoms with Crippen molar-refractivity contribution in [2.24, 2.45) is 5.73 Å². The minimum atomic E-state index is -0.386. The Balaban J connectivity index is 2.65. The number of hydrogen-bond donors (Lipinski definition) is 1. The van der Waals surface area contributed by atoms with E-state index in [1.165, 1.54) is 13.2 Å². The Morgan fingerprint density at radius 1 is 1.35 bits per heavy atom. The normalized spacial score (nSPS) is 14.3. The number of likely N-dealkylation sites (N-methyl/N-ethyl adjacent to an activating group) is 1. The minimum absolute atomic E-state index is 0.301. The highest BCUT2D eigenvalue weighted by atomic mass is 19.1. The summed E-state index contributed by atoms with van der Waals surface area (Å²) in [6, 6.07) is 4.68. The van der Waals surface area contributed by atoms with Gasteiger partial charge in [-0.2, -0.15) is 0 Å². The van der Waals surface area contributed by atoms with E-state index < -0.39 is 0 Å². The van der Waals surface area contributed by atoms with Crippen molar-refractivity contribution in [3.63, 3.8) is 0 Å². The third-order valence-electron chi connectivity index (χ3n) is 3.56. The van der Waals surface area contributed by atoms with Crippen molar-refractivity contribution in [1.82, 2.24) is 4.90 Å². The molecule has 4 nitrogen and oxygen atoms in total.